The van der Waals surface area contributed by atoms with Crippen LogP contribution in [-0.4, -0.2) is 42.9 Å². The number of hydrogen-bond donors (Lipinski definition) is 2. The Morgan fingerprint density at radius 2 is 1.71 bits per heavy atom. The molecule has 1 aliphatic rings. The molecule has 0 bridgehead atoms. The molecule has 1 atom stereocenters. The van der Waals surface area contributed by atoms with E-state index >= 15 is 0 Å². The van der Waals surface area contributed by atoms with Crippen LogP contribution in [0.3, 0.4) is 0 Å². The lowest BCUT2D eigenvalue weighted by molar-refractivity contribution is -0.122. The van der Waals surface area contributed by atoms with E-state index in [1.165, 1.54) is 11.1 Å². The fourth-order valence-electron chi connectivity index (χ4n) is 4.48. The molecule has 6 heteroatoms. The van der Waals surface area contributed by atoms with Crippen molar-refractivity contribution in [2.45, 2.75) is 58.8 Å². The molecular weight excluding hydrogens is 446 g/mol. The molecule has 34 heavy (non-hydrogen) atoms. The normalized spacial score (nSPS) is 15.8. The maximum Gasteiger partial charge on any atom is 0.227 e. The molecule has 1 fully saturated rings. The van der Waals surface area contributed by atoms with Crippen LogP contribution < -0.4 is 10.6 Å². The Morgan fingerprint density at radius 1 is 1.03 bits per heavy atom. The van der Waals surface area contributed by atoms with E-state index in [1.807, 2.05) is 51.1 Å². The fourth-order valence-corrected chi connectivity index (χ4v) is 4.61. The summed E-state index contributed by atoms with van der Waals surface area (Å²) in [4.78, 5) is 27.0. The second-order valence-electron chi connectivity index (χ2n) is 9.75. The first kappa shape index (κ1) is 26.2. The first-order valence-corrected chi connectivity index (χ1v) is 12.8. The minimum absolute atomic E-state index is 0.0292. The second-order valence-corrected chi connectivity index (χ2v) is 10.2. The highest BCUT2D eigenvalue weighted by atomic mass is 35.5. The second kappa shape index (κ2) is 12.4. The minimum atomic E-state index is -0.183. The third-order valence-corrected chi connectivity index (χ3v) is 7.06. The van der Waals surface area contributed by atoms with Gasteiger partial charge in [-0.3, -0.25) is 9.59 Å². The van der Waals surface area contributed by atoms with Gasteiger partial charge in [0.25, 0.3) is 0 Å². The molecule has 0 unspecified atom stereocenters. The van der Waals surface area contributed by atoms with Crippen molar-refractivity contribution < 1.29 is 9.59 Å². The largest absolute Gasteiger partial charge is 0.356 e. The predicted octanol–water partition coefficient (Wildman–Crippen LogP) is 5.73. The zero-order valence-electron chi connectivity index (χ0n) is 20.9. The van der Waals surface area contributed by atoms with Crippen molar-refractivity contribution in [3.8, 4) is 0 Å². The molecule has 1 aliphatic heterocycles. The van der Waals surface area contributed by atoms with Crippen LogP contribution in [0.1, 0.15) is 68.6 Å². The minimum Gasteiger partial charge on any atom is -0.356 e. The highest BCUT2D eigenvalue weighted by molar-refractivity contribution is 6.30. The number of anilines is 1. The predicted molar refractivity (Wildman–Crippen MR) is 141 cm³/mol. The van der Waals surface area contributed by atoms with Gasteiger partial charge in [0.1, 0.15) is 0 Å². The Balaban J connectivity index is 1.41. The zero-order valence-corrected chi connectivity index (χ0v) is 21.6. The van der Waals surface area contributed by atoms with E-state index in [1.54, 1.807) is 0 Å². The van der Waals surface area contributed by atoms with Gasteiger partial charge in [-0.2, -0.15) is 0 Å². The lowest BCUT2D eigenvalue weighted by atomic mass is 9.86. The number of benzene rings is 2. The number of nitrogens with zero attached hydrogens (tertiary/aromatic N) is 1. The van der Waals surface area contributed by atoms with Crippen LogP contribution in [0.15, 0.2) is 42.5 Å². The van der Waals surface area contributed by atoms with E-state index in [2.05, 4.69) is 34.6 Å². The summed E-state index contributed by atoms with van der Waals surface area (Å²) < 4.78 is 0. The Labute approximate surface area is 209 Å². The lowest BCUT2D eigenvalue weighted by Crippen LogP contribution is -2.36. The maximum absolute atomic E-state index is 12.5. The van der Waals surface area contributed by atoms with Crippen molar-refractivity contribution in [3.05, 3.63) is 64.2 Å². The smallest absolute Gasteiger partial charge is 0.227 e. The van der Waals surface area contributed by atoms with Gasteiger partial charge >= 0.3 is 0 Å². The SMILES string of the molecule is Cc1ccc(NC(=O)C(C)C)cc1C1CCN(CCCNC(=O)[C@H](C)c2ccc(Cl)cc2)CC1. The van der Waals surface area contributed by atoms with Gasteiger partial charge < -0.3 is 15.5 Å². The van der Waals surface area contributed by atoms with Crippen molar-refractivity contribution in [1.82, 2.24) is 10.2 Å². The van der Waals surface area contributed by atoms with Crippen molar-refractivity contribution in [2.75, 3.05) is 31.5 Å². The van der Waals surface area contributed by atoms with Crippen molar-refractivity contribution >= 4 is 29.1 Å². The summed E-state index contributed by atoms with van der Waals surface area (Å²) in [6.07, 6.45) is 3.17. The van der Waals surface area contributed by atoms with E-state index in [-0.39, 0.29) is 23.7 Å². The first-order valence-electron chi connectivity index (χ1n) is 12.4. The van der Waals surface area contributed by atoms with Gasteiger partial charge in [0.15, 0.2) is 0 Å². The van der Waals surface area contributed by atoms with E-state index < -0.39 is 0 Å². The summed E-state index contributed by atoms with van der Waals surface area (Å²) >= 11 is 5.94. The molecule has 3 rings (SSSR count). The molecule has 1 saturated heterocycles. The third kappa shape index (κ3) is 7.31. The molecule has 0 aliphatic carbocycles. The number of amides is 2. The maximum atomic E-state index is 12.5. The molecular formula is C28H38ClN3O2. The molecule has 184 valence electrons. The third-order valence-electron chi connectivity index (χ3n) is 6.81. The quantitative estimate of drug-likeness (QED) is 0.447. The van der Waals surface area contributed by atoms with Crippen molar-refractivity contribution in [3.63, 3.8) is 0 Å². The van der Waals surface area contributed by atoms with Crippen LogP contribution in [0.2, 0.25) is 5.02 Å². The van der Waals surface area contributed by atoms with Crippen molar-refractivity contribution in [1.29, 1.82) is 0 Å². The number of carbonyl (C=O) groups is 2. The molecule has 1 heterocycles. The van der Waals surface area contributed by atoms with Gasteiger partial charge in [-0.05, 0) is 99.6 Å². The van der Waals surface area contributed by atoms with E-state index in [0.717, 1.165) is 50.1 Å². The summed E-state index contributed by atoms with van der Waals surface area (Å²) in [7, 11) is 0. The van der Waals surface area contributed by atoms with Gasteiger partial charge in [-0.1, -0.05) is 43.6 Å². The average Bonchev–Trinajstić information content (AvgIpc) is 2.83. The van der Waals surface area contributed by atoms with Crippen LogP contribution in [-0.2, 0) is 9.59 Å². The van der Waals surface area contributed by atoms with Gasteiger partial charge in [-0.15, -0.1) is 0 Å². The Bertz CT molecular complexity index is 966. The molecule has 2 aromatic rings. The molecule has 5 nitrogen and oxygen atoms in total. The number of likely N-dealkylation sites (tertiary alicyclic amines) is 1. The zero-order chi connectivity index (χ0) is 24.7. The number of halogens is 1. The van der Waals surface area contributed by atoms with Gasteiger partial charge in [0.2, 0.25) is 11.8 Å². The average molecular weight is 484 g/mol. The van der Waals surface area contributed by atoms with Crippen LogP contribution in [0.25, 0.3) is 0 Å². The standard InChI is InChI=1S/C28H38ClN3O2/c1-19(2)27(33)31-25-11-6-20(3)26(18-25)23-12-16-32(17-13-23)15-5-14-30-28(34)21(4)22-7-9-24(29)10-8-22/h6-11,18-19,21,23H,5,12-17H2,1-4H3,(H,30,34)(H,31,33)/t21-/m1/s1. The summed E-state index contributed by atoms with van der Waals surface area (Å²) in [6, 6.07) is 13.7. The summed E-state index contributed by atoms with van der Waals surface area (Å²) in [5.74, 6) is 0.419. The van der Waals surface area contributed by atoms with Crippen LogP contribution in [0, 0.1) is 12.8 Å². The summed E-state index contributed by atoms with van der Waals surface area (Å²) in [5, 5.41) is 6.79. The van der Waals surface area contributed by atoms with Crippen molar-refractivity contribution in [2.24, 2.45) is 5.92 Å². The van der Waals surface area contributed by atoms with E-state index in [4.69, 9.17) is 11.6 Å². The summed E-state index contributed by atoms with van der Waals surface area (Å²) in [6.45, 7) is 11.7. The topological polar surface area (TPSA) is 61.4 Å². The Kier molecular flexibility index (Phi) is 9.54. The number of nitrogens with one attached hydrogen (secondary N) is 2. The molecule has 2 N–H and O–H groups in total. The summed E-state index contributed by atoms with van der Waals surface area (Å²) in [5.41, 5.74) is 4.51. The van der Waals surface area contributed by atoms with E-state index in [9.17, 15) is 9.59 Å². The lowest BCUT2D eigenvalue weighted by Gasteiger charge is -2.33. The molecule has 0 aromatic heterocycles. The number of rotatable bonds is 9. The number of aryl methyl sites for hydroxylation is 1. The Hall–Kier alpha value is -2.37. The van der Waals surface area contributed by atoms with Gasteiger partial charge in [0, 0.05) is 23.2 Å². The molecule has 0 spiro atoms. The van der Waals surface area contributed by atoms with Crippen LogP contribution in [0.4, 0.5) is 5.69 Å². The highest BCUT2D eigenvalue weighted by Gasteiger charge is 2.22. The monoisotopic (exact) mass is 483 g/mol. The highest BCUT2D eigenvalue weighted by Crippen LogP contribution is 2.32. The number of carbonyl (C=O) groups excluding carboxylic acids is 2. The molecule has 0 saturated carbocycles. The van der Waals surface area contributed by atoms with Gasteiger partial charge in [-0.25, -0.2) is 0 Å². The number of hydrogen-bond acceptors (Lipinski definition) is 3. The molecule has 2 amide bonds. The Morgan fingerprint density at radius 3 is 2.35 bits per heavy atom. The molecule has 0 radical (unpaired) electrons. The molecule has 2 aromatic carbocycles. The van der Waals surface area contributed by atoms with E-state index in [0.29, 0.717) is 17.5 Å². The van der Waals surface area contributed by atoms with Crippen LogP contribution >= 0.6 is 11.6 Å². The van der Waals surface area contributed by atoms with Crippen LogP contribution in [0.5, 0.6) is 0 Å². The fraction of sp³-hybridized carbons (Fsp3) is 0.500. The first-order chi connectivity index (χ1) is 16.2. The number of piperidine rings is 1. The van der Waals surface area contributed by atoms with Gasteiger partial charge in [0.05, 0.1) is 5.92 Å².